The van der Waals surface area contributed by atoms with Crippen LogP contribution in [0.4, 0.5) is 14.5 Å². The van der Waals surface area contributed by atoms with Crippen LogP contribution in [-0.2, 0) is 11.3 Å². The number of nitrogens with zero attached hydrogens (tertiary/aromatic N) is 1. The zero-order valence-electron chi connectivity index (χ0n) is 15.4. The van der Waals surface area contributed by atoms with Crippen molar-refractivity contribution in [2.45, 2.75) is 11.4 Å². The van der Waals surface area contributed by atoms with Crippen molar-refractivity contribution in [1.82, 2.24) is 4.57 Å². The summed E-state index contributed by atoms with van der Waals surface area (Å²) in [4.78, 5) is 13.3. The number of carbonyl (C=O) groups excluding carboxylic acids is 1. The van der Waals surface area contributed by atoms with Crippen LogP contribution in [0.2, 0.25) is 0 Å². The lowest BCUT2D eigenvalue weighted by Crippen LogP contribution is -2.13. The molecule has 1 N–H and O–H groups in total. The lowest BCUT2D eigenvalue weighted by Gasteiger charge is -2.05. The number of rotatable bonds is 6. The number of para-hydroxylation sites is 1. The molecule has 29 heavy (non-hydrogen) atoms. The van der Waals surface area contributed by atoms with E-state index >= 15 is 0 Å². The number of carbonyl (C=O) groups is 1. The Bertz CT molecular complexity index is 1140. The summed E-state index contributed by atoms with van der Waals surface area (Å²) in [6, 6.07) is 20.1. The molecule has 0 unspecified atom stereocenters. The van der Waals surface area contributed by atoms with E-state index in [9.17, 15) is 13.6 Å². The van der Waals surface area contributed by atoms with E-state index in [-0.39, 0.29) is 23.3 Å². The van der Waals surface area contributed by atoms with Crippen molar-refractivity contribution < 1.29 is 13.6 Å². The lowest BCUT2D eigenvalue weighted by molar-refractivity contribution is -0.113. The Kier molecular flexibility index (Phi) is 5.62. The van der Waals surface area contributed by atoms with Gasteiger partial charge in [-0.2, -0.15) is 0 Å². The smallest absolute Gasteiger partial charge is 0.234 e. The van der Waals surface area contributed by atoms with E-state index in [4.69, 9.17) is 0 Å². The fourth-order valence-corrected chi connectivity index (χ4v) is 4.01. The van der Waals surface area contributed by atoms with E-state index in [0.29, 0.717) is 12.2 Å². The second-order valence-electron chi connectivity index (χ2n) is 6.61. The van der Waals surface area contributed by atoms with Gasteiger partial charge in [0.1, 0.15) is 11.6 Å². The van der Waals surface area contributed by atoms with Gasteiger partial charge in [-0.25, -0.2) is 8.78 Å². The van der Waals surface area contributed by atoms with Crippen molar-refractivity contribution in [3.63, 3.8) is 0 Å². The fraction of sp³-hybridized carbons (Fsp3) is 0.0870. The molecule has 0 aliphatic heterocycles. The number of thioether (sulfide) groups is 1. The monoisotopic (exact) mass is 408 g/mol. The molecule has 3 nitrogen and oxygen atoms in total. The normalized spacial score (nSPS) is 11.0. The number of amides is 1. The van der Waals surface area contributed by atoms with Gasteiger partial charge in [0, 0.05) is 34.2 Å². The topological polar surface area (TPSA) is 34.0 Å². The molecular formula is C23H18F2N2OS. The molecule has 0 atom stereocenters. The van der Waals surface area contributed by atoms with E-state index in [2.05, 4.69) is 9.88 Å². The van der Waals surface area contributed by atoms with Gasteiger partial charge in [-0.05, 0) is 48.0 Å². The minimum atomic E-state index is -0.341. The summed E-state index contributed by atoms with van der Waals surface area (Å²) in [5.74, 6) is -0.514. The van der Waals surface area contributed by atoms with Crippen LogP contribution < -0.4 is 5.32 Å². The molecule has 4 rings (SSSR count). The highest BCUT2D eigenvalue weighted by atomic mass is 32.2. The SMILES string of the molecule is O=C(CSc1cn(Cc2ccc(F)cc2)c2ccccc12)Nc1ccc(F)cc1. The zero-order chi connectivity index (χ0) is 20.2. The maximum absolute atomic E-state index is 13.2. The number of anilines is 1. The van der Waals surface area contributed by atoms with Crippen LogP contribution in [0, 0.1) is 11.6 Å². The molecule has 0 fully saturated rings. The van der Waals surface area contributed by atoms with Crippen LogP contribution in [0.1, 0.15) is 5.56 Å². The Morgan fingerprint density at radius 1 is 0.897 bits per heavy atom. The Labute approximate surface area is 171 Å². The lowest BCUT2D eigenvalue weighted by atomic mass is 10.2. The van der Waals surface area contributed by atoms with Crippen LogP contribution in [0.5, 0.6) is 0 Å². The summed E-state index contributed by atoms with van der Waals surface area (Å²) in [6.45, 7) is 0.614. The van der Waals surface area contributed by atoms with Crippen molar-refractivity contribution in [3.8, 4) is 0 Å². The van der Waals surface area contributed by atoms with Crippen LogP contribution in [0.15, 0.2) is 83.9 Å². The second-order valence-corrected chi connectivity index (χ2v) is 7.63. The average Bonchev–Trinajstić information content (AvgIpc) is 3.08. The quantitative estimate of drug-likeness (QED) is 0.415. The molecule has 1 heterocycles. The number of fused-ring (bicyclic) bond motifs is 1. The Hall–Kier alpha value is -3.12. The second kappa shape index (κ2) is 8.49. The van der Waals surface area contributed by atoms with E-state index in [1.165, 1.54) is 48.2 Å². The third-order valence-corrected chi connectivity index (χ3v) is 5.55. The van der Waals surface area contributed by atoms with Crippen molar-refractivity contribution in [2.75, 3.05) is 11.1 Å². The van der Waals surface area contributed by atoms with Crippen LogP contribution in [-0.4, -0.2) is 16.2 Å². The van der Waals surface area contributed by atoms with Gasteiger partial charge in [-0.3, -0.25) is 4.79 Å². The molecule has 3 aromatic carbocycles. The third-order valence-electron chi connectivity index (χ3n) is 4.50. The molecule has 1 amide bonds. The Morgan fingerprint density at radius 2 is 1.55 bits per heavy atom. The summed E-state index contributed by atoms with van der Waals surface area (Å²) in [5, 5.41) is 3.83. The van der Waals surface area contributed by atoms with E-state index in [0.717, 1.165) is 21.4 Å². The first-order valence-corrected chi connectivity index (χ1v) is 10.1. The van der Waals surface area contributed by atoms with Gasteiger partial charge >= 0.3 is 0 Å². The van der Waals surface area contributed by atoms with Crippen molar-refractivity contribution in [1.29, 1.82) is 0 Å². The molecule has 1 aromatic heterocycles. The number of hydrogen-bond donors (Lipinski definition) is 1. The first kappa shape index (κ1) is 19.2. The van der Waals surface area contributed by atoms with Gasteiger partial charge in [-0.1, -0.05) is 30.3 Å². The molecule has 0 spiro atoms. The van der Waals surface area contributed by atoms with Gasteiger partial charge in [-0.15, -0.1) is 11.8 Å². The Balaban J connectivity index is 1.49. The first-order chi connectivity index (χ1) is 14.1. The highest BCUT2D eigenvalue weighted by Crippen LogP contribution is 2.30. The predicted octanol–water partition coefficient (Wildman–Crippen LogP) is 5.70. The third kappa shape index (κ3) is 4.66. The van der Waals surface area contributed by atoms with Crippen LogP contribution in [0.25, 0.3) is 10.9 Å². The van der Waals surface area contributed by atoms with E-state index in [1.54, 1.807) is 12.1 Å². The molecule has 4 aromatic rings. The minimum absolute atomic E-state index is 0.156. The molecule has 6 heteroatoms. The fourth-order valence-electron chi connectivity index (χ4n) is 3.12. The van der Waals surface area contributed by atoms with E-state index < -0.39 is 0 Å². The summed E-state index contributed by atoms with van der Waals surface area (Å²) < 4.78 is 28.3. The summed E-state index contributed by atoms with van der Waals surface area (Å²) >= 11 is 1.45. The maximum atomic E-state index is 13.2. The average molecular weight is 408 g/mol. The van der Waals surface area contributed by atoms with Crippen molar-refractivity contribution in [3.05, 3.63) is 96.2 Å². The number of benzene rings is 3. The molecule has 146 valence electrons. The highest BCUT2D eigenvalue weighted by Gasteiger charge is 2.11. The summed E-state index contributed by atoms with van der Waals surface area (Å²) in [7, 11) is 0. The molecule has 0 saturated heterocycles. The highest BCUT2D eigenvalue weighted by molar-refractivity contribution is 8.00. The van der Waals surface area contributed by atoms with Gasteiger partial charge in [0.2, 0.25) is 5.91 Å². The molecule has 0 saturated carbocycles. The zero-order valence-corrected chi connectivity index (χ0v) is 16.3. The molecule has 0 aliphatic rings. The number of halogens is 2. The van der Waals surface area contributed by atoms with Gasteiger partial charge in [0.15, 0.2) is 0 Å². The van der Waals surface area contributed by atoms with Crippen molar-refractivity contribution in [2.24, 2.45) is 0 Å². The Morgan fingerprint density at radius 3 is 2.28 bits per heavy atom. The number of nitrogens with one attached hydrogen (secondary N) is 1. The first-order valence-electron chi connectivity index (χ1n) is 9.09. The molecule has 0 bridgehead atoms. The minimum Gasteiger partial charge on any atom is -0.342 e. The van der Waals surface area contributed by atoms with Crippen molar-refractivity contribution >= 4 is 34.3 Å². The predicted molar refractivity (Wildman–Crippen MR) is 113 cm³/mol. The maximum Gasteiger partial charge on any atom is 0.234 e. The van der Waals surface area contributed by atoms with Gasteiger partial charge < -0.3 is 9.88 Å². The van der Waals surface area contributed by atoms with Crippen LogP contribution in [0.3, 0.4) is 0 Å². The standard InChI is InChI=1S/C23H18F2N2OS/c24-17-7-5-16(6-8-17)13-27-14-22(20-3-1-2-4-21(20)27)29-15-23(28)26-19-11-9-18(25)10-12-19/h1-12,14H,13,15H2,(H,26,28). The largest absolute Gasteiger partial charge is 0.342 e. The molecule has 0 aliphatic carbocycles. The van der Waals surface area contributed by atoms with Gasteiger partial charge in [0.25, 0.3) is 0 Å². The number of aromatic nitrogens is 1. The molecule has 0 radical (unpaired) electrons. The number of hydrogen-bond acceptors (Lipinski definition) is 2. The van der Waals surface area contributed by atoms with E-state index in [1.807, 2.05) is 30.5 Å². The van der Waals surface area contributed by atoms with Gasteiger partial charge in [0.05, 0.1) is 5.75 Å². The van der Waals surface area contributed by atoms with Crippen LogP contribution >= 0.6 is 11.8 Å². The summed E-state index contributed by atoms with van der Waals surface area (Å²) in [6.07, 6.45) is 2.02. The molecular weight excluding hydrogens is 390 g/mol. The summed E-state index contributed by atoms with van der Waals surface area (Å²) in [5.41, 5.74) is 2.62.